The molecule has 0 aliphatic heterocycles. The van der Waals surface area contributed by atoms with Crippen molar-refractivity contribution >= 4 is 17.9 Å². The third-order valence-electron chi connectivity index (χ3n) is 12.9. The molecule has 76 heavy (non-hydrogen) atoms. The normalized spacial score (nSPS) is 13.0. The van der Waals surface area contributed by atoms with Crippen LogP contribution >= 0.6 is 0 Å². The van der Waals surface area contributed by atoms with Crippen molar-refractivity contribution in [3.05, 3.63) is 134 Å². The maximum Gasteiger partial charge on any atom is 0.306 e. The fraction of sp³-hybridized carbons (Fsp3) is 0.643. The van der Waals surface area contributed by atoms with Gasteiger partial charge in [0.15, 0.2) is 6.10 Å². The topological polar surface area (TPSA) is 78.9 Å². The Morgan fingerprint density at radius 3 is 0.829 bits per heavy atom. The van der Waals surface area contributed by atoms with E-state index in [-0.39, 0.29) is 37.5 Å². The van der Waals surface area contributed by atoms with Gasteiger partial charge in [0, 0.05) is 19.3 Å². The van der Waals surface area contributed by atoms with Crippen LogP contribution < -0.4 is 0 Å². The van der Waals surface area contributed by atoms with E-state index in [0.29, 0.717) is 19.3 Å². The first-order valence-electron chi connectivity index (χ1n) is 31.2. The first kappa shape index (κ1) is 71.5. The van der Waals surface area contributed by atoms with E-state index >= 15 is 0 Å². The van der Waals surface area contributed by atoms with Gasteiger partial charge in [-0.05, 0) is 116 Å². The largest absolute Gasteiger partial charge is 0.462 e. The number of ether oxygens (including phenoxy) is 3. The van der Waals surface area contributed by atoms with Crippen molar-refractivity contribution in [3.63, 3.8) is 0 Å². The lowest BCUT2D eigenvalue weighted by Gasteiger charge is -2.18. The number of unbranched alkanes of at least 4 members (excludes halogenated alkanes) is 22. The predicted octanol–water partition coefficient (Wildman–Crippen LogP) is 21.4. The molecular formula is C70H114O6. The van der Waals surface area contributed by atoms with Gasteiger partial charge in [0.1, 0.15) is 13.2 Å². The molecule has 0 aliphatic carbocycles. The van der Waals surface area contributed by atoms with Gasteiger partial charge in [0.05, 0.1) is 0 Å². The molecule has 1 atom stereocenters. The molecular weight excluding hydrogens is 937 g/mol. The van der Waals surface area contributed by atoms with Crippen LogP contribution in [-0.4, -0.2) is 37.2 Å². The second-order valence-electron chi connectivity index (χ2n) is 20.2. The monoisotopic (exact) mass is 1050 g/mol. The SMILES string of the molecule is CC/C=C\C/C=C\C/C=C\C/C=C\C/C=C\C/C=C\C/C=C\CCCCCCCCCC(=O)OCC(COC(=O)CCCCCCCCCCCCCCCC)OC(=O)CCCC/C=C\C/C=C\C/C=C\C/C=C\CC. The third-order valence-corrected chi connectivity index (χ3v) is 12.9. The number of carbonyl (C=O) groups is 3. The van der Waals surface area contributed by atoms with Gasteiger partial charge >= 0.3 is 17.9 Å². The van der Waals surface area contributed by atoms with E-state index < -0.39 is 6.10 Å². The van der Waals surface area contributed by atoms with Gasteiger partial charge in [0.25, 0.3) is 0 Å². The van der Waals surface area contributed by atoms with Crippen molar-refractivity contribution in [1.29, 1.82) is 0 Å². The van der Waals surface area contributed by atoms with Crippen LogP contribution in [0.4, 0.5) is 0 Å². The standard InChI is InChI=1S/C70H114O6/c1-4-7-10-13-16-19-22-25-28-29-30-31-32-33-34-35-36-37-38-39-40-41-43-45-48-51-54-57-60-63-69(72)75-66-67(65-74-68(71)62-59-56-53-50-47-44-27-24-21-18-15-12-9-6-3)76-70(73)64-61-58-55-52-49-46-42-26-23-20-17-14-11-8-5-2/h7-8,10-11,16-17,19-20,25-26,28,30-31,33-34,36-37,39-40,42,49,52,67H,4-6,9,12-15,18,21-24,27,29,32,35,38,41,43-48,50-51,53-66H2,1-3H3/b10-7-,11-8-,19-16-,20-17-,28-25-,31-30-,34-33-,37-36-,40-39-,42-26-,52-49-. The highest BCUT2D eigenvalue weighted by molar-refractivity contribution is 5.71. The molecule has 0 aromatic carbocycles. The summed E-state index contributed by atoms with van der Waals surface area (Å²) >= 11 is 0. The third kappa shape index (κ3) is 60.4. The number of carbonyl (C=O) groups excluding carboxylic acids is 3. The summed E-state index contributed by atoms with van der Waals surface area (Å²) in [5.74, 6) is -0.952. The summed E-state index contributed by atoms with van der Waals surface area (Å²) in [5, 5.41) is 0. The summed E-state index contributed by atoms with van der Waals surface area (Å²) in [6, 6.07) is 0. The maximum absolute atomic E-state index is 12.9. The Balaban J connectivity index is 4.37. The molecule has 0 fully saturated rings. The van der Waals surface area contributed by atoms with Gasteiger partial charge in [-0.1, -0.05) is 270 Å². The molecule has 0 radical (unpaired) electrons. The number of esters is 3. The fourth-order valence-corrected chi connectivity index (χ4v) is 8.30. The highest BCUT2D eigenvalue weighted by Crippen LogP contribution is 2.15. The van der Waals surface area contributed by atoms with Gasteiger partial charge in [0.2, 0.25) is 0 Å². The van der Waals surface area contributed by atoms with Crippen LogP contribution in [0.3, 0.4) is 0 Å². The Kier molecular flexibility index (Phi) is 59.4. The Hall–Kier alpha value is -4.45. The lowest BCUT2D eigenvalue weighted by Crippen LogP contribution is -2.30. The Bertz CT molecular complexity index is 1630. The highest BCUT2D eigenvalue weighted by Gasteiger charge is 2.19. The first-order chi connectivity index (χ1) is 37.5. The smallest absolute Gasteiger partial charge is 0.306 e. The molecule has 0 aromatic rings. The van der Waals surface area contributed by atoms with Crippen molar-refractivity contribution in [2.75, 3.05) is 13.2 Å². The molecule has 6 nitrogen and oxygen atoms in total. The van der Waals surface area contributed by atoms with Crippen molar-refractivity contribution in [2.24, 2.45) is 0 Å². The number of hydrogen-bond acceptors (Lipinski definition) is 6. The zero-order chi connectivity index (χ0) is 55.0. The predicted molar refractivity (Wildman–Crippen MR) is 329 cm³/mol. The Morgan fingerprint density at radius 1 is 0.276 bits per heavy atom. The average molecular weight is 1050 g/mol. The molecule has 0 amide bonds. The molecule has 6 heteroatoms. The van der Waals surface area contributed by atoms with E-state index in [1.165, 1.54) is 96.3 Å². The highest BCUT2D eigenvalue weighted by atomic mass is 16.6. The molecule has 0 saturated carbocycles. The van der Waals surface area contributed by atoms with E-state index in [9.17, 15) is 14.4 Å². The molecule has 0 saturated heterocycles. The van der Waals surface area contributed by atoms with E-state index in [1.54, 1.807) is 0 Å². The zero-order valence-corrected chi connectivity index (χ0v) is 49.2. The van der Waals surface area contributed by atoms with Crippen molar-refractivity contribution in [2.45, 2.75) is 277 Å². The van der Waals surface area contributed by atoms with E-state index in [1.807, 2.05) is 0 Å². The number of allylic oxidation sites excluding steroid dienone is 22. The summed E-state index contributed by atoms with van der Waals surface area (Å²) in [4.78, 5) is 38.2. The van der Waals surface area contributed by atoms with Crippen LogP contribution in [0.2, 0.25) is 0 Å². The lowest BCUT2D eigenvalue weighted by molar-refractivity contribution is -0.167. The van der Waals surface area contributed by atoms with Gasteiger partial charge in [-0.3, -0.25) is 14.4 Å². The van der Waals surface area contributed by atoms with E-state index in [2.05, 4.69) is 154 Å². The maximum atomic E-state index is 12.9. The van der Waals surface area contributed by atoms with E-state index in [0.717, 1.165) is 128 Å². The molecule has 0 aromatic heterocycles. The van der Waals surface area contributed by atoms with Gasteiger partial charge in [-0.2, -0.15) is 0 Å². The molecule has 0 spiro atoms. The van der Waals surface area contributed by atoms with Gasteiger partial charge in [-0.15, -0.1) is 0 Å². The summed E-state index contributed by atoms with van der Waals surface area (Å²) in [7, 11) is 0. The van der Waals surface area contributed by atoms with Gasteiger partial charge in [-0.25, -0.2) is 0 Å². The first-order valence-corrected chi connectivity index (χ1v) is 31.2. The molecule has 0 aliphatic rings. The van der Waals surface area contributed by atoms with Crippen LogP contribution in [0.15, 0.2) is 134 Å². The zero-order valence-electron chi connectivity index (χ0n) is 49.2. The molecule has 0 bridgehead atoms. The Morgan fingerprint density at radius 2 is 0.513 bits per heavy atom. The average Bonchev–Trinajstić information content (AvgIpc) is 3.42. The van der Waals surface area contributed by atoms with Crippen LogP contribution in [0.25, 0.3) is 0 Å². The lowest BCUT2D eigenvalue weighted by atomic mass is 10.0. The molecule has 0 N–H and O–H groups in total. The minimum atomic E-state index is -0.808. The molecule has 0 rings (SSSR count). The molecule has 0 heterocycles. The van der Waals surface area contributed by atoms with E-state index in [4.69, 9.17) is 14.2 Å². The molecule has 430 valence electrons. The Labute approximate surface area is 468 Å². The summed E-state index contributed by atoms with van der Waals surface area (Å²) in [5.41, 5.74) is 0. The minimum absolute atomic E-state index is 0.0995. The number of hydrogen-bond donors (Lipinski definition) is 0. The van der Waals surface area contributed by atoms with Crippen molar-refractivity contribution in [1.82, 2.24) is 0 Å². The van der Waals surface area contributed by atoms with Crippen LogP contribution in [0.5, 0.6) is 0 Å². The summed E-state index contributed by atoms with van der Waals surface area (Å²) in [6.45, 7) is 6.37. The fourth-order valence-electron chi connectivity index (χ4n) is 8.30. The van der Waals surface area contributed by atoms with Crippen LogP contribution in [0, 0.1) is 0 Å². The summed E-state index contributed by atoms with van der Waals surface area (Å²) in [6.07, 6.45) is 88.8. The van der Waals surface area contributed by atoms with Crippen molar-refractivity contribution in [3.8, 4) is 0 Å². The quantitative estimate of drug-likeness (QED) is 0.0261. The minimum Gasteiger partial charge on any atom is -0.462 e. The van der Waals surface area contributed by atoms with Crippen LogP contribution in [0.1, 0.15) is 271 Å². The molecule has 1 unspecified atom stereocenters. The van der Waals surface area contributed by atoms with Gasteiger partial charge < -0.3 is 14.2 Å². The second-order valence-corrected chi connectivity index (χ2v) is 20.2. The van der Waals surface area contributed by atoms with Crippen LogP contribution in [-0.2, 0) is 28.6 Å². The summed E-state index contributed by atoms with van der Waals surface area (Å²) < 4.78 is 16.9. The van der Waals surface area contributed by atoms with Crippen molar-refractivity contribution < 1.29 is 28.6 Å². The number of rotatable bonds is 55. The second kappa shape index (κ2) is 63.1.